The summed E-state index contributed by atoms with van der Waals surface area (Å²) in [4.78, 5) is 0. The van der Waals surface area contributed by atoms with Crippen LogP contribution in [0.1, 0.15) is 51.0 Å². The first-order valence-electron chi connectivity index (χ1n) is 7.16. The summed E-state index contributed by atoms with van der Waals surface area (Å²) in [6, 6.07) is 9.28. The summed E-state index contributed by atoms with van der Waals surface area (Å²) < 4.78 is 6.04. The Kier molecular flexibility index (Phi) is 4.65. The molecule has 1 aromatic rings. The van der Waals surface area contributed by atoms with Gasteiger partial charge in [0.2, 0.25) is 0 Å². The smallest absolute Gasteiger partial charge is 0.119 e. The van der Waals surface area contributed by atoms with Gasteiger partial charge in [-0.15, -0.1) is 0 Å². The Morgan fingerprint density at radius 3 is 2.56 bits per heavy atom. The summed E-state index contributed by atoms with van der Waals surface area (Å²) in [5.74, 6) is 1.66. The molecule has 2 heteroatoms. The van der Waals surface area contributed by atoms with Crippen molar-refractivity contribution in [3.63, 3.8) is 0 Å². The largest absolute Gasteiger partial charge is 0.490 e. The van der Waals surface area contributed by atoms with Gasteiger partial charge in [-0.1, -0.05) is 26.0 Å². The molecule has 2 nitrogen and oxygen atoms in total. The monoisotopic (exact) mass is 247 g/mol. The Labute approximate surface area is 111 Å². The molecule has 3 unspecified atom stereocenters. The number of ether oxygens (including phenoxy) is 1. The van der Waals surface area contributed by atoms with Crippen molar-refractivity contribution in [1.29, 1.82) is 0 Å². The van der Waals surface area contributed by atoms with Crippen molar-refractivity contribution in [2.24, 2.45) is 0 Å². The van der Waals surface area contributed by atoms with E-state index in [9.17, 15) is 0 Å². The van der Waals surface area contributed by atoms with E-state index in [0.29, 0.717) is 18.1 Å². The van der Waals surface area contributed by atoms with Gasteiger partial charge < -0.3 is 10.1 Å². The van der Waals surface area contributed by atoms with Crippen LogP contribution in [-0.2, 0) is 0 Å². The van der Waals surface area contributed by atoms with Crippen LogP contribution < -0.4 is 10.1 Å². The molecule has 0 bridgehead atoms. The molecular weight excluding hydrogens is 222 g/mol. The number of hydrogen-bond acceptors (Lipinski definition) is 2. The van der Waals surface area contributed by atoms with Crippen LogP contribution in [0.15, 0.2) is 24.3 Å². The highest BCUT2D eigenvalue weighted by molar-refractivity contribution is 5.29. The fourth-order valence-electron chi connectivity index (χ4n) is 2.61. The summed E-state index contributed by atoms with van der Waals surface area (Å²) in [6.45, 7) is 4.50. The molecule has 18 heavy (non-hydrogen) atoms. The predicted octanol–water partition coefficient (Wildman–Crippen LogP) is 3.72. The highest BCUT2D eigenvalue weighted by Crippen LogP contribution is 2.26. The van der Waals surface area contributed by atoms with Crippen molar-refractivity contribution in [1.82, 2.24) is 5.32 Å². The Morgan fingerprint density at radius 2 is 2.00 bits per heavy atom. The number of rotatable bonds is 5. The number of hydrogen-bond donors (Lipinski definition) is 1. The van der Waals surface area contributed by atoms with Crippen LogP contribution in [0.3, 0.4) is 0 Å². The van der Waals surface area contributed by atoms with Crippen molar-refractivity contribution in [3.8, 4) is 5.75 Å². The number of benzene rings is 1. The average molecular weight is 247 g/mol. The molecule has 1 N–H and O–H groups in total. The van der Waals surface area contributed by atoms with Gasteiger partial charge in [0.05, 0.1) is 0 Å². The van der Waals surface area contributed by atoms with E-state index >= 15 is 0 Å². The fraction of sp³-hybridized carbons (Fsp3) is 0.625. The van der Waals surface area contributed by atoms with Crippen molar-refractivity contribution in [2.45, 2.75) is 57.6 Å². The minimum absolute atomic E-state index is 0.386. The van der Waals surface area contributed by atoms with Gasteiger partial charge in [-0.05, 0) is 56.3 Å². The van der Waals surface area contributed by atoms with Gasteiger partial charge in [0.15, 0.2) is 0 Å². The second-order valence-electron chi connectivity index (χ2n) is 5.42. The second kappa shape index (κ2) is 6.24. The van der Waals surface area contributed by atoms with E-state index in [0.717, 1.165) is 12.2 Å². The molecule has 0 radical (unpaired) electrons. The van der Waals surface area contributed by atoms with Crippen LogP contribution in [0.4, 0.5) is 0 Å². The lowest BCUT2D eigenvalue weighted by molar-refractivity contribution is 0.206. The maximum atomic E-state index is 6.04. The average Bonchev–Trinajstić information content (AvgIpc) is 2.86. The van der Waals surface area contributed by atoms with Crippen molar-refractivity contribution in [2.75, 3.05) is 7.05 Å². The summed E-state index contributed by atoms with van der Waals surface area (Å²) in [5.41, 5.74) is 1.41. The highest BCUT2D eigenvalue weighted by Gasteiger charge is 2.24. The topological polar surface area (TPSA) is 21.3 Å². The lowest BCUT2D eigenvalue weighted by Crippen LogP contribution is -2.23. The number of nitrogens with one attached hydrogen (secondary N) is 1. The Balaban J connectivity index is 1.90. The highest BCUT2D eigenvalue weighted by atomic mass is 16.5. The zero-order valence-corrected chi connectivity index (χ0v) is 11.8. The molecule has 1 aliphatic carbocycles. The molecule has 1 aromatic carbocycles. The van der Waals surface area contributed by atoms with Crippen LogP contribution in [0, 0.1) is 0 Å². The van der Waals surface area contributed by atoms with Crippen LogP contribution >= 0.6 is 0 Å². The first kappa shape index (κ1) is 13.4. The Bertz CT molecular complexity index is 360. The normalized spacial score (nSPS) is 25.1. The molecule has 1 fully saturated rings. The molecule has 0 saturated heterocycles. The molecule has 1 aliphatic rings. The van der Waals surface area contributed by atoms with E-state index in [2.05, 4.69) is 43.4 Å². The molecule has 0 aliphatic heterocycles. The van der Waals surface area contributed by atoms with E-state index < -0.39 is 0 Å². The second-order valence-corrected chi connectivity index (χ2v) is 5.42. The van der Waals surface area contributed by atoms with Crippen molar-refractivity contribution >= 4 is 0 Å². The van der Waals surface area contributed by atoms with Crippen LogP contribution in [-0.4, -0.2) is 19.2 Å². The van der Waals surface area contributed by atoms with E-state index in [4.69, 9.17) is 4.74 Å². The van der Waals surface area contributed by atoms with Gasteiger partial charge in [0, 0.05) is 6.04 Å². The van der Waals surface area contributed by atoms with Gasteiger partial charge in [-0.2, -0.15) is 0 Å². The third-order valence-electron chi connectivity index (χ3n) is 4.16. The summed E-state index contributed by atoms with van der Waals surface area (Å²) in [5, 5.41) is 3.33. The summed E-state index contributed by atoms with van der Waals surface area (Å²) in [6.07, 6.45) is 5.10. The first-order valence-corrected chi connectivity index (χ1v) is 7.16. The van der Waals surface area contributed by atoms with Crippen LogP contribution in [0.5, 0.6) is 5.75 Å². The molecule has 0 amide bonds. The van der Waals surface area contributed by atoms with Gasteiger partial charge in [-0.3, -0.25) is 0 Å². The summed E-state index contributed by atoms with van der Waals surface area (Å²) in [7, 11) is 2.04. The van der Waals surface area contributed by atoms with Gasteiger partial charge in [0.1, 0.15) is 11.9 Å². The van der Waals surface area contributed by atoms with Crippen molar-refractivity contribution < 1.29 is 4.74 Å². The first-order chi connectivity index (χ1) is 8.72. The van der Waals surface area contributed by atoms with Crippen LogP contribution in [0.25, 0.3) is 0 Å². The predicted molar refractivity (Wildman–Crippen MR) is 76.3 cm³/mol. The molecule has 3 atom stereocenters. The van der Waals surface area contributed by atoms with Crippen LogP contribution in [0.2, 0.25) is 0 Å². The van der Waals surface area contributed by atoms with E-state index in [1.54, 1.807) is 0 Å². The molecule has 2 rings (SSSR count). The Hall–Kier alpha value is -1.02. The van der Waals surface area contributed by atoms with E-state index in [1.165, 1.54) is 24.8 Å². The maximum absolute atomic E-state index is 6.04. The minimum Gasteiger partial charge on any atom is -0.490 e. The maximum Gasteiger partial charge on any atom is 0.119 e. The van der Waals surface area contributed by atoms with Crippen molar-refractivity contribution in [3.05, 3.63) is 29.8 Å². The van der Waals surface area contributed by atoms with Gasteiger partial charge in [0.25, 0.3) is 0 Å². The van der Waals surface area contributed by atoms with Gasteiger partial charge >= 0.3 is 0 Å². The molecule has 0 aromatic heterocycles. The molecule has 1 saturated carbocycles. The Morgan fingerprint density at radius 1 is 1.28 bits per heavy atom. The zero-order chi connectivity index (χ0) is 13.0. The lowest BCUT2D eigenvalue weighted by Gasteiger charge is -2.15. The fourth-order valence-corrected chi connectivity index (χ4v) is 2.61. The molecular formula is C16H25NO. The lowest BCUT2D eigenvalue weighted by atomic mass is 9.99. The standard InChI is InChI=1S/C16H25NO/c1-4-12(2)13-5-8-15(9-6-13)18-16-10-7-14(11-16)17-3/h5-6,8-9,12,14,16-17H,4,7,10-11H2,1-3H3. The third-order valence-corrected chi connectivity index (χ3v) is 4.16. The zero-order valence-electron chi connectivity index (χ0n) is 11.8. The summed E-state index contributed by atoms with van der Waals surface area (Å²) >= 11 is 0. The van der Waals surface area contributed by atoms with E-state index in [-0.39, 0.29) is 0 Å². The minimum atomic E-state index is 0.386. The SMILES string of the molecule is CCC(C)c1ccc(OC2CCC(NC)C2)cc1. The third kappa shape index (κ3) is 3.26. The molecule has 100 valence electrons. The molecule has 0 heterocycles. The quantitative estimate of drug-likeness (QED) is 0.856. The molecule has 0 spiro atoms. The van der Waals surface area contributed by atoms with E-state index in [1.807, 2.05) is 7.05 Å². The van der Waals surface area contributed by atoms with Gasteiger partial charge in [-0.25, -0.2) is 0 Å².